The van der Waals surface area contributed by atoms with Crippen molar-refractivity contribution in [3.8, 4) is 0 Å². The molecule has 0 aromatic heterocycles. The van der Waals surface area contributed by atoms with Crippen molar-refractivity contribution >= 4 is 0 Å². The van der Waals surface area contributed by atoms with E-state index in [0.29, 0.717) is 5.92 Å². The summed E-state index contributed by atoms with van der Waals surface area (Å²) in [5, 5.41) is 3.09. The van der Waals surface area contributed by atoms with E-state index in [-0.39, 0.29) is 0 Å². The maximum atomic E-state index is 3.95. The van der Waals surface area contributed by atoms with Crippen LogP contribution in [0.5, 0.6) is 0 Å². The summed E-state index contributed by atoms with van der Waals surface area (Å²) in [7, 11) is 1.92. The Labute approximate surface area is 70.2 Å². The predicted octanol–water partition coefficient (Wildman–Crippen LogP) is 2.71. The number of hydrogen-bond acceptors (Lipinski definition) is 1. The summed E-state index contributed by atoms with van der Waals surface area (Å²) in [6.45, 7) is 12.1. The molecule has 1 N–H and O–H groups in total. The Bertz CT molecular complexity index is 147. The van der Waals surface area contributed by atoms with Gasteiger partial charge in [0.25, 0.3) is 0 Å². The molecule has 0 aliphatic carbocycles. The van der Waals surface area contributed by atoms with Gasteiger partial charge in [0.05, 0.1) is 0 Å². The van der Waals surface area contributed by atoms with Crippen molar-refractivity contribution < 1.29 is 0 Å². The third-order valence-electron chi connectivity index (χ3n) is 1.90. The number of rotatable bonds is 5. The van der Waals surface area contributed by atoms with E-state index in [1.807, 2.05) is 7.05 Å². The van der Waals surface area contributed by atoms with E-state index in [1.165, 1.54) is 5.57 Å². The Hall–Kier alpha value is -0.720. The van der Waals surface area contributed by atoms with Gasteiger partial charge in [-0.15, -0.1) is 6.58 Å². The normalized spacial score (nSPS) is 12.3. The number of hydrogen-bond donors (Lipinski definition) is 1. The molecule has 1 nitrogen and oxygen atoms in total. The maximum Gasteiger partial charge on any atom is 0.00656 e. The molecule has 1 atom stereocenters. The molecule has 64 valence electrons. The van der Waals surface area contributed by atoms with E-state index in [4.69, 9.17) is 0 Å². The van der Waals surface area contributed by atoms with Gasteiger partial charge < -0.3 is 5.32 Å². The van der Waals surface area contributed by atoms with E-state index in [9.17, 15) is 0 Å². The average molecular weight is 153 g/mol. The van der Waals surface area contributed by atoms with Gasteiger partial charge in [-0.1, -0.05) is 19.1 Å². The van der Waals surface area contributed by atoms with E-state index in [1.54, 1.807) is 0 Å². The Morgan fingerprint density at radius 2 is 2.00 bits per heavy atom. The van der Waals surface area contributed by atoms with Crippen LogP contribution < -0.4 is 5.32 Å². The van der Waals surface area contributed by atoms with Gasteiger partial charge in [0.1, 0.15) is 0 Å². The molecular weight excluding hydrogens is 134 g/mol. The second-order valence-corrected chi connectivity index (χ2v) is 3.04. The number of allylic oxidation sites excluding steroid dienone is 2. The molecule has 0 heterocycles. The van der Waals surface area contributed by atoms with Gasteiger partial charge in [-0.05, 0) is 19.8 Å². The van der Waals surface area contributed by atoms with Gasteiger partial charge in [-0.2, -0.15) is 0 Å². The Morgan fingerprint density at radius 1 is 1.45 bits per heavy atom. The van der Waals surface area contributed by atoms with Gasteiger partial charge in [-0.25, -0.2) is 0 Å². The molecular formula is C10H19N. The zero-order valence-electron chi connectivity index (χ0n) is 7.91. The zero-order valence-corrected chi connectivity index (χ0v) is 7.91. The fraction of sp³-hybridized carbons (Fsp3) is 0.600. The quantitative estimate of drug-likeness (QED) is 0.599. The minimum atomic E-state index is 0.553. The molecule has 0 saturated carbocycles. The molecule has 0 radical (unpaired) electrons. The molecule has 0 aromatic carbocycles. The Morgan fingerprint density at radius 3 is 2.27 bits per heavy atom. The van der Waals surface area contributed by atoms with Gasteiger partial charge in [0.2, 0.25) is 0 Å². The highest BCUT2D eigenvalue weighted by Crippen LogP contribution is 2.18. The van der Waals surface area contributed by atoms with Gasteiger partial charge in [0, 0.05) is 18.7 Å². The Balaban J connectivity index is 3.94. The van der Waals surface area contributed by atoms with Crippen LogP contribution in [0.1, 0.15) is 26.7 Å². The summed E-state index contributed by atoms with van der Waals surface area (Å²) in [6, 6.07) is 0. The van der Waals surface area contributed by atoms with Crippen molar-refractivity contribution in [2.45, 2.75) is 26.7 Å². The molecule has 0 aliphatic rings. The summed E-state index contributed by atoms with van der Waals surface area (Å²) >= 11 is 0. The van der Waals surface area contributed by atoms with Crippen molar-refractivity contribution in [1.82, 2.24) is 5.32 Å². The second kappa shape index (κ2) is 5.00. The SMILES string of the molecule is C=C(C)CC(CC)C(=C)NC. The van der Waals surface area contributed by atoms with Gasteiger partial charge in [-0.3, -0.25) is 0 Å². The third-order valence-corrected chi connectivity index (χ3v) is 1.90. The molecule has 1 heteroatoms. The summed E-state index contributed by atoms with van der Waals surface area (Å²) in [6.07, 6.45) is 2.18. The average Bonchev–Trinajstić information content (AvgIpc) is 1.98. The first-order chi connectivity index (χ1) is 5.11. The highest BCUT2D eigenvalue weighted by Gasteiger charge is 2.08. The molecule has 0 amide bonds. The highest BCUT2D eigenvalue weighted by molar-refractivity contribution is 5.03. The van der Waals surface area contributed by atoms with Crippen molar-refractivity contribution in [3.63, 3.8) is 0 Å². The maximum absolute atomic E-state index is 3.95. The van der Waals surface area contributed by atoms with E-state index in [0.717, 1.165) is 18.5 Å². The standard InChI is InChI=1S/C10H19N/c1-6-10(7-8(2)3)9(4)11-5/h10-11H,2,4,6-7H2,1,3,5H3. The lowest BCUT2D eigenvalue weighted by Crippen LogP contribution is -2.14. The zero-order chi connectivity index (χ0) is 8.85. The van der Waals surface area contributed by atoms with Crippen LogP contribution in [-0.2, 0) is 0 Å². The van der Waals surface area contributed by atoms with Crippen molar-refractivity contribution in [2.24, 2.45) is 5.92 Å². The summed E-state index contributed by atoms with van der Waals surface area (Å²) in [4.78, 5) is 0. The minimum Gasteiger partial charge on any atom is -0.392 e. The van der Waals surface area contributed by atoms with Crippen molar-refractivity contribution in [2.75, 3.05) is 7.05 Å². The third kappa shape index (κ3) is 3.87. The lowest BCUT2D eigenvalue weighted by Gasteiger charge is -2.17. The molecule has 0 aromatic rings. The van der Waals surface area contributed by atoms with Crippen LogP contribution >= 0.6 is 0 Å². The van der Waals surface area contributed by atoms with Gasteiger partial charge >= 0.3 is 0 Å². The predicted molar refractivity (Wildman–Crippen MR) is 51.4 cm³/mol. The molecule has 0 fully saturated rings. The smallest absolute Gasteiger partial charge is 0.00656 e. The fourth-order valence-corrected chi connectivity index (χ4v) is 1.14. The lowest BCUT2D eigenvalue weighted by molar-refractivity contribution is 0.556. The molecule has 0 saturated heterocycles. The van der Waals surface area contributed by atoms with Crippen LogP contribution in [0.25, 0.3) is 0 Å². The lowest BCUT2D eigenvalue weighted by atomic mass is 9.96. The minimum absolute atomic E-state index is 0.553. The molecule has 1 unspecified atom stereocenters. The monoisotopic (exact) mass is 153 g/mol. The summed E-state index contributed by atoms with van der Waals surface area (Å²) < 4.78 is 0. The van der Waals surface area contributed by atoms with Crippen LogP contribution in [0.4, 0.5) is 0 Å². The largest absolute Gasteiger partial charge is 0.392 e. The van der Waals surface area contributed by atoms with Crippen LogP contribution in [-0.4, -0.2) is 7.05 Å². The first-order valence-electron chi connectivity index (χ1n) is 4.12. The summed E-state index contributed by atoms with van der Waals surface area (Å²) in [5.41, 5.74) is 2.35. The van der Waals surface area contributed by atoms with Crippen LogP contribution in [0.2, 0.25) is 0 Å². The van der Waals surface area contributed by atoms with Crippen LogP contribution in [0.3, 0.4) is 0 Å². The van der Waals surface area contributed by atoms with Crippen molar-refractivity contribution in [3.05, 3.63) is 24.4 Å². The molecule has 0 spiro atoms. The van der Waals surface area contributed by atoms with Crippen LogP contribution in [0.15, 0.2) is 24.4 Å². The molecule has 0 rings (SSSR count). The van der Waals surface area contributed by atoms with Gasteiger partial charge in [0.15, 0.2) is 0 Å². The van der Waals surface area contributed by atoms with E-state index < -0.39 is 0 Å². The molecule has 0 aliphatic heterocycles. The van der Waals surface area contributed by atoms with Crippen molar-refractivity contribution in [1.29, 1.82) is 0 Å². The first-order valence-corrected chi connectivity index (χ1v) is 4.12. The van der Waals surface area contributed by atoms with E-state index >= 15 is 0 Å². The first kappa shape index (κ1) is 10.3. The topological polar surface area (TPSA) is 12.0 Å². The Kier molecular flexibility index (Phi) is 4.67. The fourth-order valence-electron chi connectivity index (χ4n) is 1.14. The molecule has 11 heavy (non-hydrogen) atoms. The second-order valence-electron chi connectivity index (χ2n) is 3.04. The summed E-state index contributed by atoms with van der Waals surface area (Å²) in [5.74, 6) is 0.553. The number of nitrogens with one attached hydrogen (secondary N) is 1. The van der Waals surface area contributed by atoms with E-state index in [2.05, 4.69) is 32.3 Å². The highest BCUT2D eigenvalue weighted by atomic mass is 14.8. The molecule has 0 bridgehead atoms. The van der Waals surface area contributed by atoms with Crippen LogP contribution in [0, 0.1) is 5.92 Å².